The van der Waals surface area contributed by atoms with E-state index in [2.05, 4.69) is 19.9 Å². The zero-order valence-corrected chi connectivity index (χ0v) is 21.4. The summed E-state index contributed by atoms with van der Waals surface area (Å²) in [6.07, 6.45) is 0. The average molecular weight is 534 g/mol. The number of nitrogens with zero attached hydrogens (tertiary/aromatic N) is 4. The normalized spacial score (nSPS) is 10.4. The zero-order chi connectivity index (χ0) is 25.1. The smallest absolute Gasteiger partial charge is 0.383 e. The number of hydrogen-bond donors (Lipinski definition) is 2. The van der Waals surface area contributed by atoms with Gasteiger partial charge in [-0.2, -0.15) is 0 Å². The molecule has 0 spiro atoms. The maximum atomic E-state index is 5.99. The fourth-order valence-electron chi connectivity index (χ4n) is 4.09. The minimum atomic E-state index is 0. The predicted molar refractivity (Wildman–Crippen MR) is 148 cm³/mol. The summed E-state index contributed by atoms with van der Waals surface area (Å²) < 4.78 is 0. The topological polar surface area (TPSA) is 104 Å². The number of rotatable bonds is 2. The van der Waals surface area contributed by atoms with Crippen molar-refractivity contribution in [1.29, 1.82) is 0 Å². The van der Waals surface area contributed by atoms with E-state index in [1.54, 1.807) is 0 Å². The van der Waals surface area contributed by atoms with Gasteiger partial charge in [-0.15, -0.1) is 0 Å². The van der Waals surface area contributed by atoms with Gasteiger partial charge in [0.1, 0.15) is 11.6 Å². The first-order valence-electron chi connectivity index (χ1n) is 11.7. The molecule has 4 aromatic heterocycles. The Morgan fingerprint density at radius 2 is 0.865 bits per heavy atom. The maximum Gasteiger partial charge on any atom is 2.00 e. The van der Waals surface area contributed by atoms with Crippen molar-refractivity contribution < 1.29 is 17.1 Å². The van der Waals surface area contributed by atoms with Crippen LogP contribution in [0.5, 0.6) is 0 Å². The van der Waals surface area contributed by atoms with E-state index < -0.39 is 0 Å². The van der Waals surface area contributed by atoms with Gasteiger partial charge >= 0.3 is 17.1 Å². The van der Waals surface area contributed by atoms with Gasteiger partial charge in [0.05, 0.1) is 22.8 Å². The minimum Gasteiger partial charge on any atom is -0.383 e. The molecule has 4 heterocycles. The number of aryl methyl sites for hydroxylation is 2. The van der Waals surface area contributed by atoms with Crippen molar-refractivity contribution in [3.63, 3.8) is 0 Å². The second kappa shape index (κ2) is 11.2. The van der Waals surface area contributed by atoms with Crippen LogP contribution in [0.15, 0.2) is 97.1 Å². The molecule has 6 nitrogen and oxygen atoms in total. The summed E-state index contributed by atoms with van der Waals surface area (Å²) in [7, 11) is 0. The van der Waals surface area contributed by atoms with Crippen molar-refractivity contribution in [2.75, 3.05) is 11.5 Å². The molecule has 6 aromatic rings. The molecule has 0 aliphatic carbocycles. The van der Waals surface area contributed by atoms with Crippen LogP contribution in [0.4, 0.5) is 11.6 Å². The molecule has 1 radical (unpaired) electrons. The second-order valence-corrected chi connectivity index (χ2v) is 8.56. The van der Waals surface area contributed by atoms with Crippen LogP contribution in [0.2, 0.25) is 0 Å². The first-order valence-corrected chi connectivity index (χ1v) is 11.7. The molecule has 0 aliphatic heterocycles. The SMILES string of the molecule is Cc1cccc(-c2cc3ccccc3c(N)n2)n1.Cc1cccc(-c2cc3ccccc3c(N)n2)n1.[Cu+2]. The standard InChI is InChI=1S/2C15H13N3.Cu/c2*1-10-5-4-8-13(17-10)14-9-11-6-2-3-7-12(11)15(16)18-14;/h2*2-9H,1H3,(H2,16,18);/q;;+2. The molecule has 0 saturated heterocycles. The van der Waals surface area contributed by atoms with Gasteiger partial charge in [-0.3, -0.25) is 9.97 Å². The first-order chi connectivity index (χ1) is 17.5. The molecule has 0 unspecified atom stereocenters. The number of pyridine rings is 4. The third kappa shape index (κ3) is 5.75. The summed E-state index contributed by atoms with van der Waals surface area (Å²) in [5.41, 5.74) is 17.3. The van der Waals surface area contributed by atoms with Gasteiger partial charge in [0.25, 0.3) is 0 Å². The molecular weight excluding hydrogens is 508 g/mol. The van der Waals surface area contributed by atoms with Gasteiger partial charge in [-0.25, -0.2) is 9.97 Å². The molecule has 4 N–H and O–H groups in total. The Hall–Kier alpha value is -4.32. The Morgan fingerprint density at radius 1 is 0.459 bits per heavy atom. The van der Waals surface area contributed by atoms with Gasteiger partial charge in [-0.1, -0.05) is 60.7 Å². The molecule has 0 atom stereocenters. The fourth-order valence-corrected chi connectivity index (χ4v) is 4.09. The number of hydrogen-bond acceptors (Lipinski definition) is 6. The maximum absolute atomic E-state index is 5.99. The van der Waals surface area contributed by atoms with Crippen molar-refractivity contribution >= 4 is 33.2 Å². The molecule has 0 bridgehead atoms. The number of nitrogen functional groups attached to an aromatic ring is 2. The molecule has 6 rings (SSSR count). The molecule has 185 valence electrons. The van der Waals surface area contributed by atoms with Crippen LogP contribution >= 0.6 is 0 Å². The van der Waals surface area contributed by atoms with Crippen LogP contribution in [0.1, 0.15) is 11.4 Å². The summed E-state index contributed by atoms with van der Waals surface area (Å²) in [5.74, 6) is 1.10. The van der Waals surface area contributed by atoms with Crippen LogP contribution in [0, 0.1) is 13.8 Å². The third-order valence-electron chi connectivity index (χ3n) is 5.84. The second-order valence-electron chi connectivity index (χ2n) is 8.56. The summed E-state index contributed by atoms with van der Waals surface area (Å²) >= 11 is 0. The molecule has 37 heavy (non-hydrogen) atoms. The van der Waals surface area contributed by atoms with Gasteiger partial charge in [-0.05, 0) is 61.0 Å². The molecule has 2 aromatic carbocycles. The number of benzene rings is 2. The van der Waals surface area contributed by atoms with Crippen LogP contribution in [0.3, 0.4) is 0 Å². The summed E-state index contributed by atoms with van der Waals surface area (Å²) in [5, 5.41) is 4.13. The van der Waals surface area contributed by atoms with E-state index in [-0.39, 0.29) is 17.1 Å². The quantitative estimate of drug-likeness (QED) is 0.250. The minimum absolute atomic E-state index is 0. The molecule has 0 saturated carbocycles. The van der Waals surface area contributed by atoms with Crippen molar-refractivity contribution in [3.05, 3.63) is 108 Å². The van der Waals surface area contributed by atoms with Gasteiger partial charge in [0.2, 0.25) is 0 Å². The van der Waals surface area contributed by atoms with E-state index in [0.717, 1.165) is 55.7 Å². The van der Waals surface area contributed by atoms with E-state index in [9.17, 15) is 0 Å². The van der Waals surface area contributed by atoms with E-state index in [1.807, 2.05) is 111 Å². The van der Waals surface area contributed by atoms with Gasteiger partial charge in [0.15, 0.2) is 0 Å². The third-order valence-corrected chi connectivity index (χ3v) is 5.84. The Morgan fingerprint density at radius 3 is 1.27 bits per heavy atom. The van der Waals surface area contributed by atoms with E-state index >= 15 is 0 Å². The molecule has 0 amide bonds. The van der Waals surface area contributed by atoms with Gasteiger partial charge in [0, 0.05) is 22.2 Å². The predicted octanol–water partition coefficient (Wildman–Crippen LogP) is 6.37. The van der Waals surface area contributed by atoms with E-state index in [4.69, 9.17) is 11.5 Å². The van der Waals surface area contributed by atoms with Crippen molar-refractivity contribution in [1.82, 2.24) is 19.9 Å². The Balaban J connectivity index is 0.000000168. The van der Waals surface area contributed by atoms with Crippen LogP contribution in [-0.4, -0.2) is 19.9 Å². The number of anilines is 2. The Labute approximate surface area is 226 Å². The fraction of sp³-hybridized carbons (Fsp3) is 0.0667. The zero-order valence-electron chi connectivity index (χ0n) is 20.5. The van der Waals surface area contributed by atoms with E-state index in [0.29, 0.717) is 11.6 Å². The van der Waals surface area contributed by atoms with Crippen molar-refractivity contribution in [3.8, 4) is 22.8 Å². The van der Waals surface area contributed by atoms with Crippen LogP contribution in [0.25, 0.3) is 44.3 Å². The summed E-state index contributed by atoms with van der Waals surface area (Å²) in [6, 6.07) is 31.8. The Bertz CT molecular complexity index is 1570. The number of nitrogens with two attached hydrogens (primary N) is 2. The number of aromatic nitrogens is 4. The van der Waals surface area contributed by atoms with Gasteiger partial charge < -0.3 is 11.5 Å². The monoisotopic (exact) mass is 533 g/mol. The summed E-state index contributed by atoms with van der Waals surface area (Å²) in [6.45, 7) is 3.93. The molecule has 0 fully saturated rings. The average Bonchev–Trinajstić information content (AvgIpc) is 2.89. The Kier molecular flexibility index (Phi) is 7.77. The van der Waals surface area contributed by atoms with Crippen LogP contribution < -0.4 is 11.5 Å². The van der Waals surface area contributed by atoms with E-state index in [1.165, 1.54) is 0 Å². The molecular formula is C30H26CuN6+2. The number of fused-ring (bicyclic) bond motifs is 2. The largest absolute Gasteiger partial charge is 2.00 e. The molecule has 0 aliphatic rings. The van der Waals surface area contributed by atoms with Crippen molar-refractivity contribution in [2.24, 2.45) is 0 Å². The first kappa shape index (κ1) is 25.8. The summed E-state index contributed by atoms with van der Waals surface area (Å²) in [4.78, 5) is 17.8. The van der Waals surface area contributed by atoms with Crippen LogP contribution in [-0.2, 0) is 17.1 Å². The van der Waals surface area contributed by atoms with Crippen molar-refractivity contribution in [2.45, 2.75) is 13.8 Å². The molecule has 7 heteroatoms.